The first kappa shape index (κ1) is 15.8. The van der Waals surface area contributed by atoms with Crippen molar-refractivity contribution in [1.82, 2.24) is 4.72 Å². The number of thioether (sulfide) groups is 1. The van der Waals surface area contributed by atoms with E-state index in [0.29, 0.717) is 11.8 Å². The highest BCUT2D eigenvalue weighted by Crippen LogP contribution is 2.24. The van der Waals surface area contributed by atoms with Gasteiger partial charge < -0.3 is 5.11 Å². The molecule has 1 atom stereocenters. The molecule has 1 aromatic rings. The van der Waals surface area contributed by atoms with Gasteiger partial charge in [0.2, 0.25) is 10.0 Å². The normalized spacial score (nSPS) is 19.9. The van der Waals surface area contributed by atoms with Crippen molar-refractivity contribution in [2.24, 2.45) is 0 Å². The molecule has 0 spiro atoms. The van der Waals surface area contributed by atoms with Crippen LogP contribution < -0.4 is 4.72 Å². The van der Waals surface area contributed by atoms with Crippen molar-refractivity contribution < 1.29 is 13.5 Å². The maximum atomic E-state index is 12.0. The summed E-state index contributed by atoms with van der Waals surface area (Å²) in [4.78, 5) is 0. The van der Waals surface area contributed by atoms with Crippen LogP contribution in [0.5, 0.6) is 0 Å². The van der Waals surface area contributed by atoms with Crippen LogP contribution >= 0.6 is 11.8 Å². The van der Waals surface area contributed by atoms with Gasteiger partial charge in [-0.1, -0.05) is 30.7 Å². The number of benzene rings is 1. The molecule has 0 saturated carbocycles. The van der Waals surface area contributed by atoms with Crippen LogP contribution in [0.2, 0.25) is 0 Å². The summed E-state index contributed by atoms with van der Waals surface area (Å²) in [7, 11) is -3.28. The summed E-state index contributed by atoms with van der Waals surface area (Å²) in [6.07, 6.45) is 3.53. The van der Waals surface area contributed by atoms with Crippen LogP contribution in [-0.2, 0) is 22.4 Å². The van der Waals surface area contributed by atoms with Gasteiger partial charge in [-0.3, -0.25) is 0 Å². The maximum absolute atomic E-state index is 12.0. The summed E-state index contributed by atoms with van der Waals surface area (Å²) in [6.45, 7) is 0.506. The Labute approximate surface area is 125 Å². The largest absolute Gasteiger partial charge is 0.392 e. The Bertz CT molecular complexity index is 508. The van der Waals surface area contributed by atoms with E-state index in [1.807, 2.05) is 11.8 Å². The molecule has 1 aromatic carbocycles. The summed E-state index contributed by atoms with van der Waals surface area (Å²) >= 11 is 1.86. The maximum Gasteiger partial charge on any atom is 0.215 e. The summed E-state index contributed by atoms with van der Waals surface area (Å²) in [6, 6.07) is 7.00. The number of sulfonamides is 1. The fourth-order valence-corrected chi connectivity index (χ4v) is 4.73. The van der Waals surface area contributed by atoms with Crippen molar-refractivity contribution in [3.8, 4) is 0 Å². The molecule has 0 amide bonds. The Morgan fingerprint density at radius 3 is 2.50 bits per heavy atom. The Morgan fingerprint density at radius 2 is 1.90 bits per heavy atom. The van der Waals surface area contributed by atoms with Crippen molar-refractivity contribution in [3.63, 3.8) is 0 Å². The third kappa shape index (κ3) is 5.09. The van der Waals surface area contributed by atoms with Crippen LogP contribution in [0.1, 0.15) is 30.4 Å². The number of aliphatic hydroxyl groups is 1. The lowest BCUT2D eigenvalue weighted by atomic mass is 10.2. The highest BCUT2D eigenvalue weighted by molar-refractivity contribution is 8.00. The number of hydrogen-bond donors (Lipinski definition) is 2. The highest BCUT2D eigenvalue weighted by atomic mass is 32.2. The van der Waals surface area contributed by atoms with E-state index in [0.717, 1.165) is 23.3 Å². The van der Waals surface area contributed by atoms with Gasteiger partial charge >= 0.3 is 0 Å². The molecule has 2 rings (SSSR count). The number of hydrogen-bond acceptors (Lipinski definition) is 4. The third-order valence-corrected chi connectivity index (χ3v) is 6.09. The van der Waals surface area contributed by atoms with Crippen LogP contribution in [-0.4, -0.2) is 31.1 Å². The van der Waals surface area contributed by atoms with Crippen molar-refractivity contribution in [3.05, 3.63) is 35.4 Å². The molecule has 2 N–H and O–H groups in total. The Balaban J connectivity index is 1.85. The van der Waals surface area contributed by atoms with Crippen LogP contribution in [0.4, 0.5) is 0 Å². The summed E-state index contributed by atoms with van der Waals surface area (Å²) in [5.41, 5.74) is 1.53. The molecule has 6 heteroatoms. The van der Waals surface area contributed by atoms with Gasteiger partial charge in [-0.25, -0.2) is 13.1 Å². The molecule has 1 saturated heterocycles. The SMILES string of the molecule is O=S(=O)(Cc1ccc(CO)cc1)NCC1CCCCS1. The molecule has 1 unspecified atom stereocenters. The van der Waals surface area contributed by atoms with Gasteiger partial charge in [0, 0.05) is 11.8 Å². The standard InChI is InChI=1S/C14H21NO3S2/c16-10-12-4-6-13(7-5-12)11-20(17,18)15-9-14-3-1-2-8-19-14/h4-7,14-16H,1-3,8-11H2. The molecule has 112 valence electrons. The molecule has 20 heavy (non-hydrogen) atoms. The van der Waals surface area contributed by atoms with Gasteiger partial charge in [-0.15, -0.1) is 0 Å². The average Bonchev–Trinajstić information content (AvgIpc) is 2.47. The van der Waals surface area contributed by atoms with E-state index in [4.69, 9.17) is 5.11 Å². The van der Waals surface area contributed by atoms with Gasteiger partial charge in [0.1, 0.15) is 0 Å². The molecule has 4 nitrogen and oxygen atoms in total. The lowest BCUT2D eigenvalue weighted by Crippen LogP contribution is -2.32. The molecule has 0 aliphatic carbocycles. The van der Waals surface area contributed by atoms with E-state index in [1.165, 1.54) is 12.8 Å². The topological polar surface area (TPSA) is 66.4 Å². The molecule has 1 heterocycles. The van der Waals surface area contributed by atoms with Gasteiger partial charge in [-0.2, -0.15) is 11.8 Å². The Kier molecular flexibility index (Phi) is 5.89. The van der Waals surface area contributed by atoms with Crippen LogP contribution in [0.15, 0.2) is 24.3 Å². The molecular weight excluding hydrogens is 294 g/mol. The predicted molar refractivity (Wildman–Crippen MR) is 83.1 cm³/mol. The zero-order chi connectivity index (χ0) is 14.4. The minimum atomic E-state index is -3.28. The fraction of sp³-hybridized carbons (Fsp3) is 0.571. The summed E-state index contributed by atoms with van der Waals surface area (Å²) < 4.78 is 26.8. The van der Waals surface area contributed by atoms with Crippen molar-refractivity contribution in [2.45, 2.75) is 36.9 Å². The zero-order valence-electron chi connectivity index (χ0n) is 11.4. The third-order valence-electron chi connectivity index (χ3n) is 3.37. The van der Waals surface area contributed by atoms with Crippen LogP contribution in [0.25, 0.3) is 0 Å². The minimum absolute atomic E-state index is 0.00387. The lowest BCUT2D eigenvalue weighted by Gasteiger charge is -2.21. The van der Waals surface area contributed by atoms with E-state index in [9.17, 15) is 8.42 Å². The zero-order valence-corrected chi connectivity index (χ0v) is 13.0. The van der Waals surface area contributed by atoms with Crippen molar-refractivity contribution in [1.29, 1.82) is 0 Å². The monoisotopic (exact) mass is 315 g/mol. The molecule has 0 aromatic heterocycles. The molecular formula is C14H21NO3S2. The van der Waals surface area contributed by atoms with Gasteiger partial charge in [-0.05, 0) is 29.7 Å². The first-order valence-corrected chi connectivity index (χ1v) is 9.57. The molecule has 1 aliphatic rings. The fourth-order valence-electron chi connectivity index (χ4n) is 2.20. The number of nitrogens with one attached hydrogen (secondary N) is 1. The molecule has 0 radical (unpaired) electrons. The van der Waals surface area contributed by atoms with Crippen LogP contribution in [0.3, 0.4) is 0 Å². The van der Waals surface area contributed by atoms with Crippen molar-refractivity contribution >= 4 is 21.8 Å². The lowest BCUT2D eigenvalue weighted by molar-refractivity contribution is 0.282. The molecule has 1 fully saturated rings. The molecule has 1 aliphatic heterocycles. The van der Waals surface area contributed by atoms with Gasteiger partial charge in [0.25, 0.3) is 0 Å². The summed E-state index contributed by atoms with van der Waals surface area (Å²) in [5.74, 6) is 1.13. The van der Waals surface area contributed by atoms with Crippen molar-refractivity contribution in [2.75, 3.05) is 12.3 Å². The Hall–Kier alpha value is -0.560. The minimum Gasteiger partial charge on any atom is -0.392 e. The molecule has 0 bridgehead atoms. The quantitative estimate of drug-likeness (QED) is 0.841. The second kappa shape index (κ2) is 7.45. The smallest absolute Gasteiger partial charge is 0.215 e. The number of rotatable bonds is 6. The van der Waals surface area contributed by atoms with E-state index in [1.54, 1.807) is 24.3 Å². The van der Waals surface area contributed by atoms with E-state index >= 15 is 0 Å². The highest BCUT2D eigenvalue weighted by Gasteiger charge is 2.17. The van der Waals surface area contributed by atoms with Gasteiger partial charge in [0.05, 0.1) is 12.4 Å². The predicted octanol–water partition coefficient (Wildman–Crippen LogP) is 1.88. The van der Waals surface area contributed by atoms with Crippen LogP contribution in [0, 0.1) is 0 Å². The van der Waals surface area contributed by atoms with E-state index in [2.05, 4.69) is 4.72 Å². The number of aliphatic hydroxyl groups excluding tert-OH is 1. The Morgan fingerprint density at radius 1 is 1.20 bits per heavy atom. The average molecular weight is 315 g/mol. The van der Waals surface area contributed by atoms with E-state index in [-0.39, 0.29) is 12.4 Å². The summed E-state index contributed by atoms with van der Waals surface area (Å²) in [5, 5.41) is 9.37. The second-order valence-electron chi connectivity index (χ2n) is 5.07. The van der Waals surface area contributed by atoms with E-state index < -0.39 is 10.0 Å². The van der Waals surface area contributed by atoms with Gasteiger partial charge in [0.15, 0.2) is 0 Å². The first-order chi connectivity index (χ1) is 9.59. The second-order valence-corrected chi connectivity index (χ2v) is 8.29. The first-order valence-electron chi connectivity index (χ1n) is 6.87.